The summed E-state index contributed by atoms with van der Waals surface area (Å²) in [7, 11) is -3.94. The number of sulfonamides is 1. The number of hydrogen-bond acceptors (Lipinski definition) is 7. The van der Waals surface area contributed by atoms with Crippen LogP contribution in [0.5, 0.6) is 0 Å². The summed E-state index contributed by atoms with van der Waals surface area (Å²) < 4.78 is 26.5. The highest BCUT2D eigenvalue weighted by atomic mass is 32.2. The van der Waals surface area contributed by atoms with Crippen LogP contribution in [0.3, 0.4) is 0 Å². The van der Waals surface area contributed by atoms with Crippen LogP contribution in [0, 0.1) is 27.2 Å². The van der Waals surface area contributed by atoms with Crippen molar-refractivity contribution in [3.8, 4) is 0 Å². The molecule has 0 radical (unpaired) electrons. The third-order valence-electron chi connectivity index (χ3n) is 3.71. The number of carbonyl (C=O) groups is 1. The van der Waals surface area contributed by atoms with Crippen molar-refractivity contribution in [2.24, 2.45) is 0 Å². The zero-order chi connectivity index (χ0) is 20.9. The molecule has 11 nitrogen and oxygen atoms in total. The van der Waals surface area contributed by atoms with Crippen LogP contribution in [0.2, 0.25) is 0 Å². The minimum Gasteiger partial charge on any atom is -0.326 e. The number of carbonyl (C=O) groups excluding carboxylic acids is 1. The van der Waals surface area contributed by atoms with Crippen molar-refractivity contribution < 1.29 is 23.1 Å². The molecule has 28 heavy (non-hydrogen) atoms. The predicted octanol–water partition coefficient (Wildman–Crippen LogP) is 2.12. The Morgan fingerprint density at radius 2 is 1.57 bits per heavy atom. The lowest BCUT2D eigenvalue weighted by molar-refractivity contribution is -0.385. The first-order valence-corrected chi connectivity index (χ1v) is 9.37. The summed E-state index contributed by atoms with van der Waals surface area (Å²) in [5.41, 5.74) is 0.452. The van der Waals surface area contributed by atoms with Crippen molar-refractivity contribution in [1.29, 1.82) is 0 Å². The summed E-state index contributed by atoms with van der Waals surface area (Å²) in [6.07, 6.45) is -0.214. The Morgan fingerprint density at radius 1 is 1.00 bits per heavy atom. The van der Waals surface area contributed by atoms with E-state index in [4.69, 9.17) is 0 Å². The van der Waals surface area contributed by atoms with Gasteiger partial charge >= 0.3 is 0 Å². The molecule has 0 aliphatic rings. The summed E-state index contributed by atoms with van der Waals surface area (Å²) in [4.78, 5) is 32.0. The van der Waals surface area contributed by atoms with E-state index in [-0.39, 0.29) is 34.9 Å². The molecular weight excluding hydrogens is 392 g/mol. The Morgan fingerprint density at radius 3 is 2.14 bits per heavy atom. The fourth-order valence-electron chi connectivity index (χ4n) is 2.20. The second-order valence-electron chi connectivity index (χ2n) is 5.70. The van der Waals surface area contributed by atoms with Crippen LogP contribution in [0.1, 0.15) is 12.0 Å². The first kappa shape index (κ1) is 20.9. The highest BCUT2D eigenvalue weighted by Crippen LogP contribution is 2.22. The molecule has 0 atom stereocenters. The predicted molar refractivity (Wildman–Crippen MR) is 99.4 cm³/mol. The fourth-order valence-corrected chi connectivity index (χ4v) is 3.23. The Labute approximate surface area is 159 Å². The third-order valence-corrected chi connectivity index (χ3v) is 5.18. The van der Waals surface area contributed by atoms with Gasteiger partial charge in [0.1, 0.15) is 0 Å². The van der Waals surface area contributed by atoms with Crippen molar-refractivity contribution in [1.82, 2.24) is 4.72 Å². The van der Waals surface area contributed by atoms with Gasteiger partial charge in [0.2, 0.25) is 15.9 Å². The zero-order valence-electron chi connectivity index (χ0n) is 14.6. The third kappa shape index (κ3) is 5.31. The molecule has 2 aromatic rings. The van der Waals surface area contributed by atoms with Gasteiger partial charge in [0, 0.05) is 37.2 Å². The largest absolute Gasteiger partial charge is 0.326 e. The van der Waals surface area contributed by atoms with E-state index in [0.29, 0.717) is 5.56 Å². The topological polar surface area (TPSA) is 162 Å². The van der Waals surface area contributed by atoms with Crippen LogP contribution in [0.15, 0.2) is 47.4 Å². The molecule has 0 aromatic heterocycles. The highest BCUT2D eigenvalue weighted by molar-refractivity contribution is 7.89. The summed E-state index contributed by atoms with van der Waals surface area (Å²) >= 11 is 0. The van der Waals surface area contributed by atoms with E-state index in [9.17, 15) is 33.4 Å². The number of benzene rings is 2. The number of anilines is 1. The SMILES string of the molecule is Cc1ccc([N+](=O)[O-])cc1NC(=O)CCNS(=O)(=O)c1ccc([N+](=O)[O-])cc1. The summed E-state index contributed by atoms with van der Waals surface area (Å²) in [5.74, 6) is -0.532. The molecule has 0 saturated carbocycles. The van der Waals surface area contributed by atoms with Gasteiger partial charge in [-0.3, -0.25) is 25.0 Å². The monoisotopic (exact) mass is 408 g/mol. The van der Waals surface area contributed by atoms with Crippen LogP contribution in [0.25, 0.3) is 0 Å². The number of non-ortho nitro benzene ring substituents is 2. The maximum Gasteiger partial charge on any atom is 0.271 e. The lowest BCUT2D eigenvalue weighted by Crippen LogP contribution is -2.28. The molecule has 0 aliphatic heterocycles. The van der Waals surface area contributed by atoms with Crippen LogP contribution >= 0.6 is 0 Å². The Hall–Kier alpha value is -3.38. The van der Waals surface area contributed by atoms with E-state index in [0.717, 1.165) is 24.3 Å². The van der Waals surface area contributed by atoms with Gasteiger partial charge in [-0.15, -0.1) is 0 Å². The normalized spacial score (nSPS) is 11.0. The molecule has 0 spiro atoms. The molecule has 2 rings (SSSR count). The molecule has 2 aromatic carbocycles. The zero-order valence-corrected chi connectivity index (χ0v) is 15.4. The number of aryl methyl sites for hydroxylation is 1. The average Bonchev–Trinajstić information content (AvgIpc) is 2.63. The molecule has 0 aliphatic carbocycles. The Balaban J connectivity index is 1.95. The lowest BCUT2D eigenvalue weighted by atomic mass is 10.2. The molecule has 2 N–H and O–H groups in total. The van der Waals surface area contributed by atoms with E-state index in [1.807, 2.05) is 0 Å². The second-order valence-corrected chi connectivity index (χ2v) is 7.47. The second kappa shape index (κ2) is 8.54. The number of nitrogens with zero attached hydrogens (tertiary/aromatic N) is 2. The highest BCUT2D eigenvalue weighted by Gasteiger charge is 2.16. The van der Waals surface area contributed by atoms with Gasteiger partial charge in [-0.25, -0.2) is 13.1 Å². The number of nitro benzene ring substituents is 2. The first-order valence-electron chi connectivity index (χ1n) is 7.89. The minimum atomic E-state index is -3.94. The van der Waals surface area contributed by atoms with Crippen LogP contribution in [0.4, 0.5) is 17.1 Å². The van der Waals surface area contributed by atoms with E-state index < -0.39 is 25.8 Å². The maximum atomic E-state index is 12.1. The van der Waals surface area contributed by atoms with E-state index in [2.05, 4.69) is 10.0 Å². The molecule has 0 heterocycles. The van der Waals surface area contributed by atoms with Crippen molar-refractivity contribution in [2.45, 2.75) is 18.2 Å². The summed E-state index contributed by atoms with van der Waals surface area (Å²) in [5, 5.41) is 23.9. The van der Waals surface area contributed by atoms with Gasteiger partial charge in [-0.1, -0.05) is 6.07 Å². The van der Waals surface area contributed by atoms with Crippen LogP contribution < -0.4 is 10.0 Å². The Kier molecular flexibility index (Phi) is 6.38. The first-order chi connectivity index (χ1) is 13.1. The number of nitro groups is 2. The van der Waals surface area contributed by atoms with Gasteiger partial charge in [-0.05, 0) is 24.6 Å². The molecule has 0 unspecified atom stereocenters. The molecule has 1 amide bonds. The van der Waals surface area contributed by atoms with Gasteiger partial charge < -0.3 is 5.32 Å². The molecule has 148 valence electrons. The summed E-state index contributed by atoms with van der Waals surface area (Å²) in [6.45, 7) is 1.44. The van der Waals surface area contributed by atoms with Gasteiger partial charge in [0.15, 0.2) is 0 Å². The fraction of sp³-hybridized carbons (Fsp3) is 0.188. The molecule has 0 bridgehead atoms. The average molecular weight is 408 g/mol. The van der Waals surface area contributed by atoms with Gasteiger partial charge in [-0.2, -0.15) is 0 Å². The van der Waals surface area contributed by atoms with Crippen LogP contribution in [-0.4, -0.2) is 30.7 Å². The van der Waals surface area contributed by atoms with Crippen molar-refractivity contribution in [3.05, 3.63) is 68.3 Å². The summed E-state index contributed by atoms with van der Waals surface area (Å²) in [6, 6.07) is 8.32. The smallest absolute Gasteiger partial charge is 0.271 e. The minimum absolute atomic E-state index is 0.173. The van der Waals surface area contributed by atoms with Gasteiger partial charge in [0.25, 0.3) is 11.4 Å². The standard InChI is InChI=1S/C16H16N4O7S/c1-11-2-3-13(20(24)25)10-15(11)18-16(21)8-9-17-28(26,27)14-6-4-12(5-7-14)19(22)23/h2-7,10,17H,8-9H2,1H3,(H,18,21). The van der Waals surface area contributed by atoms with E-state index >= 15 is 0 Å². The van der Waals surface area contributed by atoms with E-state index in [1.54, 1.807) is 6.92 Å². The van der Waals surface area contributed by atoms with Crippen molar-refractivity contribution in [2.75, 3.05) is 11.9 Å². The maximum absolute atomic E-state index is 12.1. The molecule has 0 fully saturated rings. The van der Waals surface area contributed by atoms with Gasteiger partial charge in [0.05, 0.1) is 20.4 Å². The molecule has 12 heteroatoms. The quantitative estimate of drug-likeness (QED) is 0.499. The number of rotatable bonds is 8. The lowest BCUT2D eigenvalue weighted by Gasteiger charge is -2.09. The Bertz CT molecular complexity index is 1020. The number of hydrogen-bond donors (Lipinski definition) is 2. The number of amides is 1. The molecular formula is C16H16N4O7S. The molecule has 0 saturated heterocycles. The van der Waals surface area contributed by atoms with Crippen molar-refractivity contribution in [3.63, 3.8) is 0 Å². The van der Waals surface area contributed by atoms with E-state index in [1.165, 1.54) is 18.2 Å². The number of nitrogens with one attached hydrogen (secondary N) is 2. The van der Waals surface area contributed by atoms with Crippen molar-refractivity contribution >= 4 is 33.0 Å². The van der Waals surface area contributed by atoms with Crippen LogP contribution in [-0.2, 0) is 14.8 Å².